The van der Waals surface area contributed by atoms with Crippen LogP contribution in [-0.4, -0.2) is 10.5 Å². The van der Waals surface area contributed by atoms with Gasteiger partial charge in [-0.15, -0.1) is 0 Å². The lowest BCUT2D eigenvalue weighted by Gasteiger charge is -2.04. The van der Waals surface area contributed by atoms with Gasteiger partial charge in [0.15, 0.2) is 4.80 Å². The van der Waals surface area contributed by atoms with E-state index in [4.69, 9.17) is 5.26 Å². The maximum absolute atomic E-state index is 12.5. The van der Waals surface area contributed by atoms with Crippen molar-refractivity contribution in [1.29, 1.82) is 5.26 Å². The molecule has 0 fully saturated rings. The SMILES string of the molecule is CCn1c(=NC(=O)c2ccc(C#N)cc2)sc2c(C)ccc(C)c21. The summed E-state index contributed by atoms with van der Waals surface area (Å²) in [5, 5.41) is 8.84. The summed E-state index contributed by atoms with van der Waals surface area (Å²) < 4.78 is 3.26. The van der Waals surface area contributed by atoms with Gasteiger partial charge in [0.25, 0.3) is 5.91 Å². The zero-order chi connectivity index (χ0) is 17.3. The lowest BCUT2D eigenvalue weighted by molar-refractivity contribution is 0.0998. The number of hydrogen-bond donors (Lipinski definition) is 0. The first kappa shape index (κ1) is 16.2. The van der Waals surface area contributed by atoms with E-state index in [-0.39, 0.29) is 5.91 Å². The number of hydrogen-bond acceptors (Lipinski definition) is 3. The third kappa shape index (κ3) is 2.77. The molecular formula is C19H17N3OS. The van der Waals surface area contributed by atoms with Crippen LogP contribution in [0.1, 0.15) is 34.0 Å². The molecule has 0 N–H and O–H groups in total. The number of aromatic nitrogens is 1. The average molecular weight is 335 g/mol. The van der Waals surface area contributed by atoms with Crippen molar-refractivity contribution >= 4 is 27.5 Å². The summed E-state index contributed by atoms with van der Waals surface area (Å²) in [5.41, 5.74) is 4.54. The molecule has 1 heterocycles. The minimum Gasteiger partial charge on any atom is -0.316 e. The highest BCUT2D eigenvalue weighted by molar-refractivity contribution is 7.16. The van der Waals surface area contributed by atoms with Gasteiger partial charge in [-0.2, -0.15) is 10.3 Å². The largest absolute Gasteiger partial charge is 0.316 e. The molecule has 1 aromatic heterocycles. The second kappa shape index (κ2) is 6.42. The van der Waals surface area contributed by atoms with Crippen LogP contribution in [0.4, 0.5) is 0 Å². The molecule has 0 radical (unpaired) electrons. The first-order valence-corrected chi connectivity index (χ1v) is 8.55. The quantitative estimate of drug-likeness (QED) is 0.712. The molecule has 0 aliphatic rings. The number of aryl methyl sites for hydroxylation is 3. The topological polar surface area (TPSA) is 58.1 Å². The number of thiazole rings is 1. The summed E-state index contributed by atoms with van der Waals surface area (Å²) in [6.07, 6.45) is 0. The second-order valence-corrected chi connectivity index (χ2v) is 6.59. The fraction of sp³-hybridized carbons (Fsp3) is 0.211. The molecule has 1 amide bonds. The van der Waals surface area contributed by atoms with Gasteiger partial charge in [0.1, 0.15) is 0 Å². The van der Waals surface area contributed by atoms with Gasteiger partial charge in [0.05, 0.1) is 21.8 Å². The number of carbonyl (C=O) groups is 1. The number of carbonyl (C=O) groups excluding carboxylic acids is 1. The summed E-state index contributed by atoms with van der Waals surface area (Å²) in [7, 11) is 0. The van der Waals surface area contributed by atoms with Gasteiger partial charge in [0, 0.05) is 12.1 Å². The van der Waals surface area contributed by atoms with Crippen LogP contribution in [0, 0.1) is 25.2 Å². The number of fused-ring (bicyclic) bond motifs is 1. The summed E-state index contributed by atoms with van der Waals surface area (Å²) in [4.78, 5) is 17.5. The van der Waals surface area contributed by atoms with E-state index in [1.807, 2.05) is 6.07 Å². The molecule has 0 bridgehead atoms. The Hall–Kier alpha value is -2.71. The summed E-state index contributed by atoms with van der Waals surface area (Å²) in [5.74, 6) is -0.288. The Morgan fingerprint density at radius 3 is 2.46 bits per heavy atom. The van der Waals surface area contributed by atoms with Crippen molar-refractivity contribution in [2.24, 2.45) is 4.99 Å². The number of nitriles is 1. The minimum atomic E-state index is -0.288. The Bertz CT molecular complexity index is 1030. The van der Waals surface area contributed by atoms with Gasteiger partial charge in [-0.3, -0.25) is 4.79 Å². The highest BCUT2D eigenvalue weighted by Gasteiger charge is 2.11. The van der Waals surface area contributed by atoms with Crippen LogP contribution in [0.15, 0.2) is 41.4 Å². The highest BCUT2D eigenvalue weighted by atomic mass is 32.1. The lowest BCUT2D eigenvalue weighted by Crippen LogP contribution is -2.16. The number of rotatable bonds is 2. The van der Waals surface area contributed by atoms with Gasteiger partial charge >= 0.3 is 0 Å². The third-order valence-electron chi connectivity index (χ3n) is 4.00. The van der Waals surface area contributed by atoms with Crippen LogP contribution in [-0.2, 0) is 6.54 Å². The van der Waals surface area contributed by atoms with Gasteiger partial charge in [0.2, 0.25) is 0 Å². The molecule has 0 saturated heterocycles. The normalized spacial score (nSPS) is 11.7. The molecule has 120 valence electrons. The van der Waals surface area contributed by atoms with Crippen LogP contribution in [0.25, 0.3) is 10.2 Å². The fourth-order valence-corrected chi connectivity index (χ4v) is 3.93. The Labute approximate surface area is 144 Å². The Morgan fingerprint density at radius 2 is 1.83 bits per heavy atom. The Kier molecular flexibility index (Phi) is 4.32. The van der Waals surface area contributed by atoms with Crippen LogP contribution >= 0.6 is 11.3 Å². The highest BCUT2D eigenvalue weighted by Crippen LogP contribution is 2.24. The van der Waals surface area contributed by atoms with E-state index < -0.39 is 0 Å². The third-order valence-corrected chi connectivity index (χ3v) is 5.21. The average Bonchev–Trinajstić information content (AvgIpc) is 2.97. The van der Waals surface area contributed by atoms with Gasteiger partial charge in [-0.25, -0.2) is 0 Å². The minimum absolute atomic E-state index is 0.288. The lowest BCUT2D eigenvalue weighted by atomic mass is 10.1. The molecule has 0 atom stereocenters. The summed E-state index contributed by atoms with van der Waals surface area (Å²) in [6, 6.07) is 12.8. The van der Waals surface area contributed by atoms with Gasteiger partial charge < -0.3 is 4.57 Å². The molecule has 3 aromatic rings. The van der Waals surface area contributed by atoms with E-state index >= 15 is 0 Å². The van der Waals surface area contributed by atoms with Crippen molar-refractivity contribution in [3.05, 3.63) is 63.5 Å². The molecule has 24 heavy (non-hydrogen) atoms. The first-order chi connectivity index (χ1) is 11.5. The molecule has 0 aliphatic heterocycles. The summed E-state index contributed by atoms with van der Waals surface area (Å²) >= 11 is 1.54. The van der Waals surface area contributed by atoms with Crippen LogP contribution in [0.3, 0.4) is 0 Å². The van der Waals surface area contributed by atoms with Crippen LogP contribution < -0.4 is 4.80 Å². The number of nitrogens with zero attached hydrogens (tertiary/aromatic N) is 3. The number of amides is 1. The molecule has 3 rings (SSSR count). The van der Waals surface area contributed by atoms with Crippen LogP contribution in [0.2, 0.25) is 0 Å². The first-order valence-electron chi connectivity index (χ1n) is 7.74. The predicted molar refractivity (Wildman–Crippen MR) is 96.0 cm³/mol. The molecule has 5 heteroatoms. The maximum Gasteiger partial charge on any atom is 0.279 e. The molecule has 0 unspecified atom stereocenters. The van der Waals surface area contributed by atoms with E-state index in [0.29, 0.717) is 15.9 Å². The monoisotopic (exact) mass is 335 g/mol. The Balaban J connectivity index is 2.16. The predicted octanol–water partition coefficient (Wildman–Crippen LogP) is 3.95. The van der Waals surface area contributed by atoms with Crippen molar-refractivity contribution in [2.45, 2.75) is 27.3 Å². The fourth-order valence-electron chi connectivity index (χ4n) is 2.69. The zero-order valence-corrected chi connectivity index (χ0v) is 14.6. The van der Waals surface area contributed by atoms with E-state index in [2.05, 4.69) is 42.5 Å². The van der Waals surface area contributed by atoms with Crippen molar-refractivity contribution < 1.29 is 4.79 Å². The van der Waals surface area contributed by atoms with E-state index in [0.717, 1.165) is 12.1 Å². The van der Waals surface area contributed by atoms with Crippen molar-refractivity contribution in [3.8, 4) is 6.07 Å². The van der Waals surface area contributed by atoms with E-state index in [1.165, 1.54) is 15.8 Å². The molecular weight excluding hydrogens is 318 g/mol. The second-order valence-electron chi connectivity index (χ2n) is 5.61. The van der Waals surface area contributed by atoms with Crippen LogP contribution in [0.5, 0.6) is 0 Å². The van der Waals surface area contributed by atoms with Crippen molar-refractivity contribution in [3.63, 3.8) is 0 Å². The molecule has 0 spiro atoms. The molecule has 4 nitrogen and oxygen atoms in total. The standard InChI is InChI=1S/C19H17N3OS/c1-4-22-16-12(2)5-6-13(3)17(16)24-19(22)21-18(23)15-9-7-14(11-20)8-10-15/h5-10H,4H2,1-3H3. The molecule has 0 aliphatic carbocycles. The smallest absolute Gasteiger partial charge is 0.279 e. The van der Waals surface area contributed by atoms with Crippen molar-refractivity contribution in [1.82, 2.24) is 4.57 Å². The molecule has 0 saturated carbocycles. The zero-order valence-electron chi connectivity index (χ0n) is 13.8. The van der Waals surface area contributed by atoms with Crippen molar-refractivity contribution in [2.75, 3.05) is 0 Å². The maximum atomic E-state index is 12.5. The molecule has 2 aromatic carbocycles. The summed E-state index contributed by atoms with van der Waals surface area (Å²) in [6.45, 7) is 6.96. The van der Waals surface area contributed by atoms with Gasteiger partial charge in [-0.1, -0.05) is 23.5 Å². The van der Waals surface area contributed by atoms with Gasteiger partial charge in [-0.05, 0) is 56.2 Å². The Morgan fingerprint density at radius 1 is 1.17 bits per heavy atom. The van der Waals surface area contributed by atoms with E-state index in [1.54, 1.807) is 35.6 Å². The van der Waals surface area contributed by atoms with E-state index in [9.17, 15) is 4.79 Å². The number of benzene rings is 2.